The third-order valence-corrected chi connectivity index (χ3v) is 3.82. The average molecular weight is 383 g/mol. The third-order valence-electron chi connectivity index (χ3n) is 3.15. The van der Waals surface area contributed by atoms with Crippen LogP contribution in [0.2, 0.25) is 0 Å². The Kier molecular flexibility index (Phi) is 3.60. The van der Waals surface area contributed by atoms with Crippen molar-refractivity contribution in [2.24, 2.45) is 0 Å². The van der Waals surface area contributed by atoms with Gasteiger partial charge in [0.25, 0.3) is 5.91 Å². The van der Waals surface area contributed by atoms with E-state index in [0.29, 0.717) is 17.0 Å². The number of nitrogens with zero attached hydrogens (tertiary/aromatic N) is 1. The molecule has 0 aromatic heterocycles. The molecular formula is C15H11FINO2. The van der Waals surface area contributed by atoms with Crippen LogP contribution in [0.4, 0.5) is 10.1 Å². The van der Waals surface area contributed by atoms with Gasteiger partial charge in [-0.1, -0.05) is 18.2 Å². The maximum atomic E-state index is 13.7. The first-order valence-electron chi connectivity index (χ1n) is 6.11. The van der Waals surface area contributed by atoms with Gasteiger partial charge in [-0.05, 0) is 46.9 Å². The Hall–Kier alpha value is -1.63. The summed E-state index contributed by atoms with van der Waals surface area (Å²) in [4.78, 5) is 13.6. The van der Waals surface area contributed by atoms with E-state index in [4.69, 9.17) is 4.74 Å². The molecule has 0 bridgehead atoms. The fraction of sp³-hybridized carbons (Fsp3) is 0.133. The van der Waals surface area contributed by atoms with Crippen LogP contribution in [0.3, 0.4) is 0 Å². The number of fused-ring (bicyclic) bond motifs is 1. The summed E-state index contributed by atoms with van der Waals surface area (Å²) < 4.78 is 20.2. The summed E-state index contributed by atoms with van der Waals surface area (Å²) in [6.45, 7) is 0.198. The summed E-state index contributed by atoms with van der Waals surface area (Å²) in [6.07, 6.45) is 0. The van der Waals surface area contributed by atoms with E-state index in [9.17, 15) is 9.18 Å². The van der Waals surface area contributed by atoms with Crippen LogP contribution in [0.1, 0.15) is 5.56 Å². The summed E-state index contributed by atoms with van der Waals surface area (Å²) in [6, 6.07) is 12.1. The van der Waals surface area contributed by atoms with Gasteiger partial charge in [-0.2, -0.15) is 0 Å². The molecule has 0 fully saturated rings. The van der Waals surface area contributed by atoms with E-state index < -0.39 is 0 Å². The van der Waals surface area contributed by atoms with Gasteiger partial charge in [0.2, 0.25) is 0 Å². The van der Waals surface area contributed by atoms with Gasteiger partial charge in [-0.3, -0.25) is 4.79 Å². The van der Waals surface area contributed by atoms with Gasteiger partial charge < -0.3 is 9.64 Å². The second kappa shape index (κ2) is 5.40. The van der Waals surface area contributed by atoms with Gasteiger partial charge in [0, 0.05) is 9.13 Å². The average Bonchev–Trinajstić information content (AvgIpc) is 2.44. The van der Waals surface area contributed by atoms with E-state index in [2.05, 4.69) is 22.6 Å². The fourth-order valence-electron chi connectivity index (χ4n) is 2.15. The molecule has 0 atom stereocenters. The number of hydrogen-bond donors (Lipinski definition) is 0. The summed E-state index contributed by atoms with van der Waals surface area (Å²) in [5, 5.41) is 0. The molecule has 5 heteroatoms. The fourth-order valence-corrected chi connectivity index (χ4v) is 2.61. The van der Waals surface area contributed by atoms with Crippen molar-refractivity contribution in [1.82, 2.24) is 0 Å². The first-order valence-corrected chi connectivity index (χ1v) is 7.19. The molecule has 0 N–H and O–H groups in total. The Labute approximate surface area is 129 Å². The predicted octanol–water partition coefficient (Wildman–Crippen LogP) is 3.36. The Bertz CT molecular complexity index is 675. The molecule has 3 nitrogen and oxygen atoms in total. The third kappa shape index (κ3) is 2.49. The Balaban J connectivity index is 1.97. The van der Waals surface area contributed by atoms with Crippen LogP contribution in [0.25, 0.3) is 0 Å². The van der Waals surface area contributed by atoms with E-state index >= 15 is 0 Å². The highest BCUT2D eigenvalue weighted by molar-refractivity contribution is 14.1. The summed E-state index contributed by atoms with van der Waals surface area (Å²) in [5.74, 6) is 0.189. The number of rotatable bonds is 2. The molecule has 0 saturated carbocycles. The zero-order valence-corrected chi connectivity index (χ0v) is 12.6. The largest absolute Gasteiger partial charge is 0.482 e. The molecule has 3 rings (SSSR count). The number of amides is 1. The summed E-state index contributed by atoms with van der Waals surface area (Å²) in [5.41, 5.74) is 1.18. The zero-order chi connectivity index (χ0) is 14.1. The molecule has 20 heavy (non-hydrogen) atoms. The summed E-state index contributed by atoms with van der Waals surface area (Å²) in [7, 11) is 0. The molecule has 2 aromatic rings. The number of benzene rings is 2. The molecule has 1 heterocycles. The molecule has 1 aliphatic rings. The van der Waals surface area contributed by atoms with Crippen LogP contribution < -0.4 is 9.64 Å². The van der Waals surface area contributed by atoms with Gasteiger partial charge in [-0.25, -0.2) is 4.39 Å². The minimum atomic E-state index is -0.307. The van der Waals surface area contributed by atoms with Gasteiger partial charge in [0.05, 0.1) is 12.2 Å². The quantitative estimate of drug-likeness (QED) is 0.745. The predicted molar refractivity (Wildman–Crippen MR) is 82.2 cm³/mol. The van der Waals surface area contributed by atoms with Crippen LogP contribution in [0.5, 0.6) is 5.75 Å². The molecule has 0 radical (unpaired) electrons. The lowest BCUT2D eigenvalue weighted by Gasteiger charge is -2.29. The molecule has 0 unspecified atom stereocenters. The van der Waals surface area contributed by atoms with Crippen LogP contribution in [0, 0.1) is 9.39 Å². The highest BCUT2D eigenvalue weighted by atomic mass is 127. The minimum Gasteiger partial charge on any atom is -0.482 e. The van der Waals surface area contributed by atoms with Crippen molar-refractivity contribution < 1.29 is 13.9 Å². The topological polar surface area (TPSA) is 29.5 Å². The van der Waals surface area contributed by atoms with Crippen molar-refractivity contribution in [2.75, 3.05) is 11.5 Å². The molecule has 0 spiro atoms. The van der Waals surface area contributed by atoms with Crippen LogP contribution in [-0.4, -0.2) is 12.5 Å². The van der Waals surface area contributed by atoms with Crippen molar-refractivity contribution in [3.05, 3.63) is 57.4 Å². The normalized spacial score (nSPS) is 13.9. The maximum Gasteiger partial charge on any atom is 0.265 e. The van der Waals surface area contributed by atoms with Gasteiger partial charge in [0.15, 0.2) is 6.61 Å². The van der Waals surface area contributed by atoms with E-state index in [1.807, 2.05) is 18.2 Å². The number of halogens is 2. The Morgan fingerprint density at radius 1 is 1.25 bits per heavy atom. The van der Waals surface area contributed by atoms with Gasteiger partial charge >= 0.3 is 0 Å². The molecular weight excluding hydrogens is 372 g/mol. The van der Waals surface area contributed by atoms with Crippen LogP contribution >= 0.6 is 22.6 Å². The molecule has 2 aromatic carbocycles. The number of anilines is 1. The number of carbonyl (C=O) groups is 1. The SMILES string of the molecule is O=C1COc2cc(I)ccc2N1Cc1ccccc1F. The second-order valence-corrected chi connectivity index (χ2v) is 5.72. The van der Waals surface area contributed by atoms with E-state index in [1.54, 1.807) is 23.1 Å². The molecule has 0 aliphatic carbocycles. The number of ether oxygens (including phenoxy) is 1. The first kappa shape index (κ1) is 13.4. The van der Waals surface area contributed by atoms with E-state index in [1.165, 1.54) is 6.07 Å². The smallest absolute Gasteiger partial charge is 0.265 e. The molecule has 1 aliphatic heterocycles. The zero-order valence-electron chi connectivity index (χ0n) is 10.5. The second-order valence-electron chi connectivity index (χ2n) is 4.47. The maximum absolute atomic E-state index is 13.7. The van der Waals surface area contributed by atoms with Crippen LogP contribution in [0.15, 0.2) is 42.5 Å². The molecule has 0 saturated heterocycles. The number of hydrogen-bond acceptors (Lipinski definition) is 2. The minimum absolute atomic E-state index is 0.0124. The van der Waals surface area contributed by atoms with Crippen molar-refractivity contribution in [2.45, 2.75) is 6.54 Å². The first-order chi connectivity index (χ1) is 9.65. The van der Waals surface area contributed by atoms with Gasteiger partial charge in [-0.15, -0.1) is 0 Å². The highest BCUT2D eigenvalue weighted by Crippen LogP contribution is 2.34. The van der Waals surface area contributed by atoms with E-state index in [-0.39, 0.29) is 24.9 Å². The monoisotopic (exact) mass is 383 g/mol. The number of carbonyl (C=O) groups excluding carboxylic acids is 1. The van der Waals surface area contributed by atoms with Crippen molar-refractivity contribution in [3.8, 4) is 5.75 Å². The van der Waals surface area contributed by atoms with Crippen molar-refractivity contribution in [3.63, 3.8) is 0 Å². The highest BCUT2D eigenvalue weighted by Gasteiger charge is 2.26. The van der Waals surface area contributed by atoms with Crippen molar-refractivity contribution in [1.29, 1.82) is 0 Å². The summed E-state index contributed by atoms with van der Waals surface area (Å²) >= 11 is 2.18. The Morgan fingerprint density at radius 3 is 2.85 bits per heavy atom. The van der Waals surface area contributed by atoms with Gasteiger partial charge in [0.1, 0.15) is 11.6 Å². The molecule has 102 valence electrons. The van der Waals surface area contributed by atoms with Crippen LogP contribution in [-0.2, 0) is 11.3 Å². The Morgan fingerprint density at radius 2 is 2.05 bits per heavy atom. The lowest BCUT2D eigenvalue weighted by atomic mass is 10.1. The lowest BCUT2D eigenvalue weighted by molar-refractivity contribution is -0.121. The van der Waals surface area contributed by atoms with E-state index in [0.717, 1.165) is 3.57 Å². The van der Waals surface area contributed by atoms with Crippen molar-refractivity contribution >= 4 is 34.2 Å². The molecule has 1 amide bonds. The lowest BCUT2D eigenvalue weighted by Crippen LogP contribution is -2.38. The standard InChI is InChI=1S/C15H11FINO2/c16-12-4-2-1-3-10(12)8-18-13-6-5-11(17)7-14(13)20-9-15(18)19/h1-7H,8-9H2.